The zero-order valence-corrected chi connectivity index (χ0v) is 15.1. The molecule has 0 heterocycles. The molecule has 1 N–H and O–H groups in total. The van der Waals surface area contributed by atoms with Gasteiger partial charge >= 0.3 is 0 Å². The van der Waals surface area contributed by atoms with Gasteiger partial charge in [0.15, 0.2) is 0 Å². The third kappa shape index (κ3) is 6.15. The minimum absolute atomic E-state index is 0.112. The van der Waals surface area contributed by atoms with Gasteiger partial charge in [-0.2, -0.15) is 4.31 Å². The molecule has 21 heavy (non-hydrogen) atoms. The van der Waals surface area contributed by atoms with Crippen LogP contribution in [0.4, 0.5) is 5.69 Å². The van der Waals surface area contributed by atoms with Crippen LogP contribution < -0.4 is 5.32 Å². The third-order valence-electron chi connectivity index (χ3n) is 2.82. The van der Waals surface area contributed by atoms with Crippen molar-refractivity contribution >= 4 is 37.5 Å². The highest BCUT2D eigenvalue weighted by Crippen LogP contribution is 2.18. The van der Waals surface area contributed by atoms with Crippen molar-refractivity contribution in [1.82, 2.24) is 4.31 Å². The van der Waals surface area contributed by atoms with Gasteiger partial charge in [-0.05, 0) is 45.0 Å². The highest BCUT2D eigenvalue weighted by atomic mass is 79.9. The van der Waals surface area contributed by atoms with E-state index in [2.05, 4.69) is 21.2 Å². The molecule has 1 rings (SSSR count). The van der Waals surface area contributed by atoms with E-state index < -0.39 is 15.6 Å². The maximum Gasteiger partial charge on any atom is 0.225 e. The lowest BCUT2D eigenvalue weighted by atomic mass is 10.1. The molecule has 0 aliphatic heterocycles. The highest BCUT2D eigenvalue weighted by molar-refractivity contribution is 9.10. The second kappa shape index (κ2) is 6.89. The van der Waals surface area contributed by atoms with Crippen LogP contribution in [0.1, 0.15) is 27.2 Å². The molecule has 0 atom stereocenters. The molecule has 0 aliphatic rings. The fraction of sp³-hybridized carbons (Fsp3) is 0.500. The van der Waals surface area contributed by atoms with Crippen molar-refractivity contribution in [2.75, 3.05) is 18.1 Å². The topological polar surface area (TPSA) is 66.5 Å². The normalized spacial score (nSPS) is 12.5. The van der Waals surface area contributed by atoms with Crippen LogP contribution in [-0.2, 0) is 14.8 Å². The first-order chi connectivity index (χ1) is 9.50. The lowest BCUT2D eigenvalue weighted by Crippen LogP contribution is -2.46. The van der Waals surface area contributed by atoms with Gasteiger partial charge in [0.25, 0.3) is 0 Å². The number of anilines is 1. The van der Waals surface area contributed by atoms with Crippen LogP contribution in [0.2, 0.25) is 0 Å². The summed E-state index contributed by atoms with van der Waals surface area (Å²) in [4.78, 5) is 11.9. The van der Waals surface area contributed by atoms with Gasteiger partial charge in [-0.1, -0.05) is 15.9 Å². The molecular formula is C14H21BrN2O3S. The number of hydrogen-bond acceptors (Lipinski definition) is 3. The van der Waals surface area contributed by atoms with Crippen LogP contribution in [0.5, 0.6) is 0 Å². The fourth-order valence-electron chi connectivity index (χ4n) is 1.96. The van der Waals surface area contributed by atoms with Crippen molar-refractivity contribution in [1.29, 1.82) is 0 Å². The van der Waals surface area contributed by atoms with Crippen molar-refractivity contribution in [2.45, 2.75) is 32.7 Å². The Morgan fingerprint density at radius 3 is 2.19 bits per heavy atom. The second-order valence-electron chi connectivity index (χ2n) is 5.81. The summed E-state index contributed by atoms with van der Waals surface area (Å²) >= 11 is 3.32. The summed E-state index contributed by atoms with van der Waals surface area (Å²) in [5, 5.41) is 2.75. The molecule has 7 heteroatoms. The predicted octanol–water partition coefficient (Wildman–Crippen LogP) is 2.84. The Hall–Kier alpha value is -0.920. The van der Waals surface area contributed by atoms with Crippen molar-refractivity contribution in [2.24, 2.45) is 0 Å². The Kier molecular flexibility index (Phi) is 5.95. The predicted molar refractivity (Wildman–Crippen MR) is 88.7 cm³/mol. The molecule has 0 radical (unpaired) electrons. The summed E-state index contributed by atoms with van der Waals surface area (Å²) < 4.78 is 25.8. The zero-order chi connectivity index (χ0) is 16.3. The van der Waals surface area contributed by atoms with Crippen LogP contribution in [-0.4, -0.2) is 37.0 Å². The van der Waals surface area contributed by atoms with Crippen LogP contribution in [0.3, 0.4) is 0 Å². The lowest BCUT2D eigenvalue weighted by molar-refractivity contribution is -0.116. The molecule has 1 aromatic rings. The number of sulfonamides is 1. The molecule has 0 bridgehead atoms. The number of carbonyl (C=O) groups excluding carboxylic acids is 1. The fourth-order valence-corrected chi connectivity index (χ4v) is 3.64. The van der Waals surface area contributed by atoms with Gasteiger partial charge in [0, 0.05) is 28.7 Å². The highest BCUT2D eigenvalue weighted by Gasteiger charge is 2.29. The maximum atomic E-state index is 11.9. The van der Waals surface area contributed by atoms with E-state index in [-0.39, 0.29) is 18.9 Å². The second-order valence-corrected chi connectivity index (χ2v) is 8.63. The number of hydrogen-bond donors (Lipinski definition) is 1. The molecule has 0 aromatic heterocycles. The molecule has 1 amide bonds. The summed E-state index contributed by atoms with van der Waals surface area (Å²) in [5.41, 5.74) is 0.135. The maximum absolute atomic E-state index is 11.9. The Morgan fingerprint density at radius 1 is 1.24 bits per heavy atom. The number of amides is 1. The first kappa shape index (κ1) is 18.1. The molecule has 0 spiro atoms. The Balaban J connectivity index is 2.64. The molecule has 118 valence electrons. The minimum atomic E-state index is -3.35. The van der Waals surface area contributed by atoms with E-state index in [0.717, 1.165) is 10.7 Å². The lowest BCUT2D eigenvalue weighted by Gasteiger charge is -2.33. The number of nitrogens with zero attached hydrogens (tertiary/aromatic N) is 1. The number of benzene rings is 1. The van der Waals surface area contributed by atoms with E-state index in [9.17, 15) is 13.2 Å². The number of carbonyl (C=O) groups is 1. The largest absolute Gasteiger partial charge is 0.326 e. The summed E-state index contributed by atoms with van der Waals surface area (Å²) in [6.45, 7) is 5.58. The third-order valence-corrected chi connectivity index (χ3v) is 4.88. The van der Waals surface area contributed by atoms with Crippen molar-refractivity contribution in [3.05, 3.63) is 28.7 Å². The van der Waals surface area contributed by atoms with Crippen molar-refractivity contribution in [3.63, 3.8) is 0 Å². The molecular weight excluding hydrogens is 356 g/mol. The van der Waals surface area contributed by atoms with Crippen LogP contribution >= 0.6 is 15.9 Å². The van der Waals surface area contributed by atoms with Crippen molar-refractivity contribution < 1.29 is 13.2 Å². The standard InChI is InChI=1S/C14H21BrN2O3S/c1-14(2,3)17(21(4,19)20)10-9-13(18)16-12-7-5-11(15)6-8-12/h5-8H,9-10H2,1-4H3,(H,16,18). The van der Waals surface area contributed by atoms with E-state index in [1.807, 2.05) is 12.1 Å². The van der Waals surface area contributed by atoms with E-state index >= 15 is 0 Å². The first-order valence-corrected chi connectivity index (χ1v) is 9.17. The number of rotatable bonds is 5. The van der Waals surface area contributed by atoms with E-state index in [0.29, 0.717) is 5.69 Å². The van der Waals surface area contributed by atoms with E-state index in [1.165, 1.54) is 4.31 Å². The SMILES string of the molecule is CC(C)(C)N(CCC(=O)Nc1ccc(Br)cc1)S(C)(=O)=O. The van der Waals surface area contributed by atoms with Gasteiger partial charge < -0.3 is 5.32 Å². The zero-order valence-electron chi connectivity index (χ0n) is 12.7. The van der Waals surface area contributed by atoms with Crippen LogP contribution in [0, 0.1) is 0 Å². The summed E-state index contributed by atoms with van der Waals surface area (Å²) in [7, 11) is -3.35. The summed E-state index contributed by atoms with van der Waals surface area (Å²) in [5.74, 6) is -0.213. The van der Waals surface area contributed by atoms with Gasteiger partial charge in [0.05, 0.1) is 6.26 Å². The van der Waals surface area contributed by atoms with Gasteiger partial charge in [0.1, 0.15) is 0 Å². The van der Waals surface area contributed by atoms with Gasteiger partial charge in [-0.25, -0.2) is 8.42 Å². The molecule has 0 saturated carbocycles. The minimum Gasteiger partial charge on any atom is -0.326 e. The van der Waals surface area contributed by atoms with Gasteiger partial charge in [0.2, 0.25) is 15.9 Å². The molecule has 0 saturated heterocycles. The van der Waals surface area contributed by atoms with Crippen LogP contribution in [0.25, 0.3) is 0 Å². The quantitative estimate of drug-likeness (QED) is 0.858. The Bertz CT molecular complexity index is 592. The van der Waals surface area contributed by atoms with E-state index in [4.69, 9.17) is 0 Å². The molecule has 0 fully saturated rings. The molecule has 5 nitrogen and oxygen atoms in total. The monoisotopic (exact) mass is 376 g/mol. The number of nitrogens with one attached hydrogen (secondary N) is 1. The average Bonchev–Trinajstić information content (AvgIpc) is 2.28. The molecule has 0 aliphatic carbocycles. The molecule has 0 unspecified atom stereocenters. The van der Waals surface area contributed by atoms with Gasteiger partial charge in [-0.3, -0.25) is 4.79 Å². The molecule has 1 aromatic carbocycles. The average molecular weight is 377 g/mol. The first-order valence-electron chi connectivity index (χ1n) is 6.53. The smallest absolute Gasteiger partial charge is 0.225 e. The Morgan fingerprint density at radius 2 is 1.76 bits per heavy atom. The number of halogens is 1. The van der Waals surface area contributed by atoms with E-state index in [1.54, 1.807) is 32.9 Å². The van der Waals surface area contributed by atoms with Crippen molar-refractivity contribution in [3.8, 4) is 0 Å². The van der Waals surface area contributed by atoms with Gasteiger partial charge in [-0.15, -0.1) is 0 Å². The Labute approximate surface area is 134 Å². The summed E-state index contributed by atoms with van der Waals surface area (Å²) in [6.07, 6.45) is 1.27. The summed E-state index contributed by atoms with van der Waals surface area (Å²) in [6, 6.07) is 7.21. The van der Waals surface area contributed by atoms with Crippen LogP contribution in [0.15, 0.2) is 28.7 Å².